The zero-order chi connectivity index (χ0) is 14.6. The standard InChI is InChI=1S/C15H28N2O2S/c1-15(2)6-4-7-16-13(15)14(18)17(8-9-19-3)12-5-10-20-11-12/h12-13,16H,4-11H2,1-3H3. The van der Waals surface area contributed by atoms with Crippen molar-refractivity contribution < 1.29 is 9.53 Å². The van der Waals surface area contributed by atoms with Crippen LogP contribution in [0.4, 0.5) is 0 Å². The summed E-state index contributed by atoms with van der Waals surface area (Å²) in [7, 11) is 1.70. The van der Waals surface area contributed by atoms with Gasteiger partial charge in [0.15, 0.2) is 0 Å². The van der Waals surface area contributed by atoms with E-state index in [4.69, 9.17) is 4.74 Å². The Balaban J connectivity index is 2.07. The molecule has 2 heterocycles. The number of amides is 1. The van der Waals surface area contributed by atoms with E-state index in [2.05, 4.69) is 24.1 Å². The molecule has 0 aromatic rings. The molecule has 20 heavy (non-hydrogen) atoms. The fourth-order valence-electron chi connectivity index (χ4n) is 3.23. The van der Waals surface area contributed by atoms with Gasteiger partial charge in [-0.1, -0.05) is 13.8 Å². The van der Waals surface area contributed by atoms with E-state index in [1.807, 2.05) is 11.8 Å². The van der Waals surface area contributed by atoms with Crippen LogP contribution < -0.4 is 5.32 Å². The highest BCUT2D eigenvalue weighted by atomic mass is 32.2. The van der Waals surface area contributed by atoms with Gasteiger partial charge in [-0.15, -0.1) is 0 Å². The van der Waals surface area contributed by atoms with Gasteiger partial charge in [-0.05, 0) is 37.0 Å². The molecule has 0 aromatic carbocycles. The molecule has 2 unspecified atom stereocenters. The predicted octanol–water partition coefficient (Wildman–Crippen LogP) is 1.75. The molecule has 0 saturated carbocycles. The van der Waals surface area contributed by atoms with Crippen molar-refractivity contribution in [3.8, 4) is 0 Å². The first-order chi connectivity index (χ1) is 9.56. The first-order valence-electron chi connectivity index (χ1n) is 7.67. The quantitative estimate of drug-likeness (QED) is 0.840. The maximum atomic E-state index is 13.0. The molecule has 1 N–H and O–H groups in total. The Morgan fingerprint density at radius 2 is 2.30 bits per heavy atom. The largest absolute Gasteiger partial charge is 0.383 e. The summed E-state index contributed by atoms with van der Waals surface area (Å²) in [6.45, 7) is 6.71. The fourth-order valence-corrected chi connectivity index (χ4v) is 4.45. The van der Waals surface area contributed by atoms with Crippen LogP contribution in [0.1, 0.15) is 33.1 Å². The van der Waals surface area contributed by atoms with E-state index in [1.54, 1.807) is 7.11 Å². The van der Waals surface area contributed by atoms with Crippen molar-refractivity contribution in [2.24, 2.45) is 5.41 Å². The number of carbonyl (C=O) groups is 1. The number of thioether (sulfide) groups is 1. The molecule has 2 saturated heterocycles. The van der Waals surface area contributed by atoms with Crippen LogP contribution in [0.15, 0.2) is 0 Å². The zero-order valence-electron chi connectivity index (χ0n) is 13.0. The first-order valence-corrected chi connectivity index (χ1v) is 8.82. The van der Waals surface area contributed by atoms with Gasteiger partial charge in [0, 0.05) is 25.4 Å². The lowest BCUT2D eigenvalue weighted by atomic mass is 9.77. The molecular weight excluding hydrogens is 272 g/mol. The maximum absolute atomic E-state index is 13.0. The average molecular weight is 300 g/mol. The van der Waals surface area contributed by atoms with Crippen LogP contribution in [0.5, 0.6) is 0 Å². The van der Waals surface area contributed by atoms with Gasteiger partial charge >= 0.3 is 0 Å². The number of hydrogen-bond donors (Lipinski definition) is 1. The Bertz CT molecular complexity index is 330. The van der Waals surface area contributed by atoms with Crippen molar-refractivity contribution in [3.05, 3.63) is 0 Å². The molecule has 2 aliphatic heterocycles. The van der Waals surface area contributed by atoms with Gasteiger partial charge in [0.05, 0.1) is 12.6 Å². The third-order valence-corrected chi connectivity index (χ3v) is 5.69. The number of nitrogens with zero attached hydrogens (tertiary/aromatic N) is 1. The van der Waals surface area contributed by atoms with Crippen molar-refractivity contribution in [1.29, 1.82) is 0 Å². The van der Waals surface area contributed by atoms with Crippen LogP contribution in [0, 0.1) is 5.41 Å². The lowest BCUT2D eigenvalue weighted by Crippen LogP contribution is -2.59. The van der Waals surface area contributed by atoms with E-state index < -0.39 is 0 Å². The fraction of sp³-hybridized carbons (Fsp3) is 0.933. The van der Waals surface area contributed by atoms with Gasteiger partial charge in [0.2, 0.25) is 5.91 Å². The number of piperidine rings is 1. The highest BCUT2D eigenvalue weighted by Crippen LogP contribution is 2.32. The van der Waals surface area contributed by atoms with Crippen LogP contribution in [0.3, 0.4) is 0 Å². The molecule has 0 spiro atoms. The summed E-state index contributed by atoms with van der Waals surface area (Å²) in [5, 5.41) is 3.45. The Hall–Kier alpha value is -0.260. The lowest BCUT2D eigenvalue weighted by molar-refractivity contribution is -0.140. The van der Waals surface area contributed by atoms with Gasteiger partial charge in [-0.25, -0.2) is 0 Å². The minimum Gasteiger partial charge on any atom is -0.383 e. The second-order valence-corrected chi connectivity index (χ2v) is 7.67. The van der Waals surface area contributed by atoms with E-state index in [0.29, 0.717) is 12.6 Å². The normalized spacial score (nSPS) is 29.4. The molecule has 1 amide bonds. The smallest absolute Gasteiger partial charge is 0.240 e. The number of carbonyl (C=O) groups excluding carboxylic acids is 1. The summed E-state index contributed by atoms with van der Waals surface area (Å²) in [4.78, 5) is 15.1. The van der Waals surface area contributed by atoms with Crippen molar-refractivity contribution in [2.75, 3.05) is 38.3 Å². The molecule has 2 fully saturated rings. The molecule has 0 aliphatic carbocycles. The lowest BCUT2D eigenvalue weighted by Gasteiger charge is -2.42. The summed E-state index contributed by atoms with van der Waals surface area (Å²) < 4.78 is 5.20. The molecule has 5 heteroatoms. The molecule has 0 bridgehead atoms. The zero-order valence-corrected chi connectivity index (χ0v) is 13.8. The number of hydrogen-bond acceptors (Lipinski definition) is 4. The highest BCUT2D eigenvalue weighted by molar-refractivity contribution is 7.99. The molecule has 2 aliphatic rings. The summed E-state index contributed by atoms with van der Waals surface area (Å²) in [5.74, 6) is 2.52. The van der Waals surface area contributed by atoms with Crippen molar-refractivity contribution in [2.45, 2.75) is 45.2 Å². The molecule has 0 aromatic heterocycles. The van der Waals surface area contributed by atoms with Crippen molar-refractivity contribution in [1.82, 2.24) is 10.2 Å². The Morgan fingerprint density at radius 3 is 2.90 bits per heavy atom. The van der Waals surface area contributed by atoms with E-state index >= 15 is 0 Å². The maximum Gasteiger partial charge on any atom is 0.240 e. The first kappa shape index (κ1) is 16.1. The second kappa shape index (κ2) is 7.14. The molecule has 2 atom stereocenters. The third-order valence-electron chi connectivity index (χ3n) is 4.54. The van der Waals surface area contributed by atoms with Crippen molar-refractivity contribution in [3.63, 3.8) is 0 Å². The summed E-state index contributed by atoms with van der Waals surface area (Å²) in [5.41, 5.74) is 0.0480. The van der Waals surface area contributed by atoms with E-state index in [-0.39, 0.29) is 17.4 Å². The second-order valence-electron chi connectivity index (χ2n) is 6.52. The van der Waals surface area contributed by atoms with E-state index in [9.17, 15) is 4.79 Å². The number of nitrogens with one attached hydrogen (secondary N) is 1. The monoisotopic (exact) mass is 300 g/mol. The average Bonchev–Trinajstić information content (AvgIpc) is 2.92. The van der Waals surface area contributed by atoms with E-state index in [1.165, 1.54) is 5.75 Å². The molecule has 0 radical (unpaired) electrons. The Kier molecular flexibility index (Phi) is 5.75. The van der Waals surface area contributed by atoms with Gasteiger partial charge in [-0.2, -0.15) is 11.8 Å². The summed E-state index contributed by atoms with van der Waals surface area (Å²) in [6, 6.07) is 0.348. The topological polar surface area (TPSA) is 41.6 Å². The van der Waals surface area contributed by atoms with Crippen LogP contribution in [0.25, 0.3) is 0 Å². The Morgan fingerprint density at radius 1 is 1.50 bits per heavy atom. The van der Waals surface area contributed by atoms with Crippen LogP contribution in [0.2, 0.25) is 0 Å². The summed E-state index contributed by atoms with van der Waals surface area (Å²) in [6.07, 6.45) is 3.40. The predicted molar refractivity (Wildman–Crippen MR) is 84.1 cm³/mol. The third kappa shape index (κ3) is 3.68. The SMILES string of the molecule is COCCN(C(=O)C1NCCCC1(C)C)C1CCSC1. The van der Waals surface area contributed by atoms with Crippen LogP contribution >= 0.6 is 11.8 Å². The minimum absolute atomic E-state index is 0.0429. The van der Waals surface area contributed by atoms with Gasteiger partial charge in [-0.3, -0.25) is 4.79 Å². The van der Waals surface area contributed by atoms with Crippen molar-refractivity contribution >= 4 is 17.7 Å². The van der Waals surface area contributed by atoms with Crippen LogP contribution in [-0.2, 0) is 9.53 Å². The van der Waals surface area contributed by atoms with Crippen LogP contribution in [-0.4, -0.2) is 61.2 Å². The summed E-state index contributed by atoms with van der Waals surface area (Å²) >= 11 is 1.95. The number of rotatable bonds is 5. The van der Waals surface area contributed by atoms with Gasteiger partial charge < -0.3 is 15.0 Å². The van der Waals surface area contributed by atoms with E-state index in [0.717, 1.165) is 38.1 Å². The molecular formula is C15H28N2O2S. The molecule has 4 nitrogen and oxygen atoms in total. The van der Waals surface area contributed by atoms with Gasteiger partial charge in [0.25, 0.3) is 0 Å². The number of ether oxygens (including phenoxy) is 1. The Labute approximate surface area is 127 Å². The van der Waals surface area contributed by atoms with Gasteiger partial charge in [0.1, 0.15) is 0 Å². The number of methoxy groups -OCH3 is 1. The molecule has 2 rings (SSSR count). The highest BCUT2D eigenvalue weighted by Gasteiger charge is 2.41. The minimum atomic E-state index is -0.0429. The molecule has 116 valence electrons.